The molecule has 1 aliphatic heterocycles. The number of aryl methyl sites for hydroxylation is 1. The van der Waals surface area contributed by atoms with E-state index in [1.54, 1.807) is 18.5 Å². The first-order chi connectivity index (χ1) is 8.75. The second-order valence-corrected chi connectivity index (χ2v) is 4.50. The third kappa shape index (κ3) is 3.78. The van der Waals surface area contributed by atoms with Crippen molar-refractivity contribution >= 4 is 11.6 Å². The lowest BCUT2D eigenvalue weighted by atomic mass is 10.2. The second-order valence-electron chi connectivity index (χ2n) is 4.50. The highest BCUT2D eigenvalue weighted by atomic mass is 16.5. The average molecular weight is 249 g/mol. The van der Waals surface area contributed by atoms with Crippen LogP contribution in [0.3, 0.4) is 0 Å². The first-order valence-electron chi connectivity index (χ1n) is 6.28. The second kappa shape index (κ2) is 6.47. The normalized spacial score (nSPS) is 18.8. The lowest BCUT2D eigenvalue weighted by Gasteiger charge is -2.11. The van der Waals surface area contributed by atoms with Gasteiger partial charge < -0.3 is 15.4 Å². The number of anilines is 1. The minimum Gasteiger partial charge on any atom is -0.377 e. The standard InChI is InChI=1S/C13H19N3O2/c1-10-7-14-5-4-12(10)16-13(17)9-15-8-11-3-2-6-18-11/h4-5,7,11,15H,2-3,6,8-9H2,1H3,(H,14,16,17)/t11-/m0/s1. The van der Waals surface area contributed by atoms with E-state index in [1.807, 2.05) is 6.92 Å². The summed E-state index contributed by atoms with van der Waals surface area (Å²) in [5.41, 5.74) is 1.78. The van der Waals surface area contributed by atoms with Crippen molar-refractivity contribution in [1.82, 2.24) is 10.3 Å². The van der Waals surface area contributed by atoms with Gasteiger partial charge in [0, 0.05) is 31.2 Å². The van der Waals surface area contributed by atoms with Gasteiger partial charge in [0.25, 0.3) is 0 Å². The van der Waals surface area contributed by atoms with Gasteiger partial charge in [-0.15, -0.1) is 0 Å². The van der Waals surface area contributed by atoms with Crippen LogP contribution in [-0.4, -0.2) is 36.7 Å². The van der Waals surface area contributed by atoms with Gasteiger partial charge in [0.15, 0.2) is 0 Å². The van der Waals surface area contributed by atoms with Crippen LogP contribution in [0.2, 0.25) is 0 Å². The molecule has 18 heavy (non-hydrogen) atoms. The molecule has 5 heteroatoms. The number of amides is 1. The molecule has 0 saturated carbocycles. The Balaban J connectivity index is 1.70. The lowest BCUT2D eigenvalue weighted by molar-refractivity contribution is -0.115. The van der Waals surface area contributed by atoms with Crippen molar-refractivity contribution in [3.05, 3.63) is 24.0 Å². The fourth-order valence-electron chi connectivity index (χ4n) is 1.96. The molecule has 0 bridgehead atoms. The van der Waals surface area contributed by atoms with Crippen molar-refractivity contribution in [2.45, 2.75) is 25.9 Å². The number of ether oxygens (including phenoxy) is 1. The number of aromatic nitrogens is 1. The van der Waals surface area contributed by atoms with E-state index in [1.165, 1.54) is 0 Å². The van der Waals surface area contributed by atoms with Crippen LogP contribution in [0, 0.1) is 6.92 Å². The Hall–Kier alpha value is -1.46. The van der Waals surface area contributed by atoms with E-state index in [0.29, 0.717) is 6.54 Å². The largest absolute Gasteiger partial charge is 0.377 e. The van der Waals surface area contributed by atoms with Crippen LogP contribution in [-0.2, 0) is 9.53 Å². The average Bonchev–Trinajstić information content (AvgIpc) is 2.85. The maximum Gasteiger partial charge on any atom is 0.238 e. The van der Waals surface area contributed by atoms with Gasteiger partial charge in [0.1, 0.15) is 0 Å². The SMILES string of the molecule is Cc1cnccc1NC(=O)CNC[C@@H]1CCCO1. The topological polar surface area (TPSA) is 63.2 Å². The molecule has 98 valence electrons. The van der Waals surface area contributed by atoms with Gasteiger partial charge in [0.2, 0.25) is 5.91 Å². The van der Waals surface area contributed by atoms with Gasteiger partial charge in [-0.05, 0) is 31.4 Å². The monoisotopic (exact) mass is 249 g/mol. The number of nitrogens with zero attached hydrogens (tertiary/aromatic N) is 1. The van der Waals surface area contributed by atoms with Crippen molar-refractivity contribution in [3.63, 3.8) is 0 Å². The number of nitrogens with one attached hydrogen (secondary N) is 2. The Morgan fingerprint density at radius 3 is 3.22 bits per heavy atom. The summed E-state index contributed by atoms with van der Waals surface area (Å²) in [4.78, 5) is 15.7. The van der Waals surface area contributed by atoms with Crippen molar-refractivity contribution in [2.75, 3.05) is 25.0 Å². The zero-order chi connectivity index (χ0) is 12.8. The zero-order valence-corrected chi connectivity index (χ0v) is 10.6. The molecular weight excluding hydrogens is 230 g/mol. The molecule has 2 heterocycles. The molecule has 5 nitrogen and oxygen atoms in total. The summed E-state index contributed by atoms with van der Waals surface area (Å²) < 4.78 is 5.47. The van der Waals surface area contributed by atoms with Gasteiger partial charge in [-0.1, -0.05) is 0 Å². The van der Waals surface area contributed by atoms with Crippen LogP contribution >= 0.6 is 0 Å². The minimum atomic E-state index is -0.0395. The fraction of sp³-hybridized carbons (Fsp3) is 0.538. The number of pyridine rings is 1. The van der Waals surface area contributed by atoms with Crippen LogP contribution in [0.15, 0.2) is 18.5 Å². The van der Waals surface area contributed by atoms with Gasteiger partial charge in [-0.2, -0.15) is 0 Å². The molecule has 0 spiro atoms. The third-order valence-corrected chi connectivity index (χ3v) is 2.98. The number of rotatable bonds is 5. The summed E-state index contributed by atoms with van der Waals surface area (Å²) in [6, 6.07) is 1.80. The van der Waals surface area contributed by atoms with Crippen molar-refractivity contribution in [1.29, 1.82) is 0 Å². The Morgan fingerprint density at radius 1 is 1.61 bits per heavy atom. The van der Waals surface area contributed by atoms with Gasteiger partial charge in [0.05, 0.1) is 12.6 Å². The molecule has 2 rings (SSSR count). The summed E-state index contributed by atoms with van der Waals surface area (Å²) in [7, 11) is 0. The summed E-state index contributed by atoms with van der Waals surface area (Å²) >= 11 is 0. The molecule has 1 fully saturated rings. The Morgan fingerprint density at radius 2 is 2.50 bits per heavy atom. The maximum absolute atomic E-state index is 11.7. The van der Waals surface area contributed by atoms with Crippen molar-refractivity contribution < 1.29 is 9.53 Å². The molecule has 0 radical (unpaired) electrons. The van der Waals surface area contributed by atoms with E-state index in [4.69, 9.17) is 4.74 Å². The Bertz CT molecular complexity index is 403. The van der Waals surface area contributed by atoms with Crippen LogP contribution in [0.1, 0.15) is 18.4 Å². The quantitative estimate of drug-likeness (QED) is 0.820. The predicted octanol–water partition coefficient (Wildman–Crippen LogP) is 1.10. The fourth-order valence-corrected chi connectivity index (χ4v) is 1.96. The number of hydrogen-bond donors (Lipinski definition) is 2. The molecular formula is C13H19N3O2. The first-order valence-corrected chi connectivity index (χ1v) is 6.28. The van der Waals surface area contributed by atoms with Crippen LogP contribution in [0.5, 0.6) is 0 Å². The predicted molar refractivity (Wildman–Crippen MR) is 69.4 cm³/mol. The summed E-state index contributed by atoms with van der Waals surface area (Å²) in [5.74, 6) is -0.0395. The molecule has 1 aromatic heterocycles. The van der Waals surface area contributed by atoms with E-state index in [0.717, 1.165) is 37.2 Å². The highest BCUT2D eigenvalue weighted by molar-refractivity contribution is 5.92. The third-order valence-electron chi connectivity index (χ3n) is 2.98. The highest BCUT2D eigenvalue weighted by Gasteiger charge is 2.15. The molecule has 1 saturated heterocycles. The van der Waals surface area contributed by atoms with Crippen LogP contribution in [0.25, 0.3) is 0 Å². The van der Waals surface area contributed by atoms with Crippen molar-refractivity contribution in [2.24, 2.45) is 0 Å². The Kier molecular flexibility index (Phi) is 4.66. The summed E-state index contributed by atoms with van der Waals surface area (Å²) in [5, 5.41) is 5.97. The molecule has 1 atom stereocenters. The zero-order valence-electron chi connectivity index (χ0n) is 10.6. The first kappa shape index (κ1) is 13.0. The Labute approximate surface area is 107 Å². The van der Waals surface area contributed by atoms with E-state index < -0.39 is 0 Å². The van der Waals surface area contributed by atoms with E-state index in [-0.39, 0.29) is 12.0 Å². The lowest BCUT2D eigenvalue weighted by Crippen LogP contribution is -2.33. The molecule has 0 aliphatic carbocycles. The van der Waals surface area contributed by atoms with Gasteiger partial charge in [-0.25, -0.2) is 0 Å². The number of carbonyl (C=O) groups is 1. The van der Waals surface area contributed by atoms with Crippen molar-refractivity contribution in [3.8, 4) is 0 Å². The van der Waals surface area contributed by atoms with E-state index in [9.17, 15) is 4.79 Å². The smallest absolute Gasteiger partial charge is 0.238 e. The molecule has 1 amide bonds. The number of hydrogen-bond acceptors (Lipinski definition) is 4. The van der Waals surface area contributed by atoms with Gasteiger partial charge in [-0.3, -0.25) is 9.78 Å². The molecule has 0 unspecified atom stereocenters. The molecule has 0 aromatic carbocycles. The minimum absolute atomic E-state index is 0.0395. The van der Waals surface area contributed by atoms with Gasteiger partial charge >= 0.3 is 0 Å². The summed E-state index contributed by atoms with van der Waals surface area (Å²) in [6.45, 7) is 3.81. The number of carbonyl (C=O) groups excluding carboxylic acids is 1. The van der Waals surface area contributed by atoms with Crippen LogP contribution < -0.4 is 10.6 Å². The molecule has 2 N–H and O–H groups in total. The summed E-state index contributed by atoms with van der Waals surface area (Å²) in [6.07, 6.45) is 5.87. The molecule has 1 aromatic rings. The molecule has 1 aliphatic rings. The van der Waals surface area contributed by atoms with E-state index in [2.05, 4.69) is 15.6 Å². The maximum atomic E-state index is 11.7. The van der Waals surface area contributed by atoms with Crippen LogP contribution in [0.4, 0.5) is 5.69 Å². The van der Waals surface area contributed by atoms with E-state index >= 15 is 0 Å². The highest BCUT2D eigenvalue weighted by Crippen LogP contribution is 2.11.